The van der Waals surface area contributed by atoms with Crippen molar-refractivity contribution in [2.75, 3.05) is 28.0 Å². The van der Waals surface area contributed by atoms with Crippen molar-refractivity contribution in [1.82, 2.24) is 0 Å². The van der Waals surface area contributed by atoms with E-state index in [0.717, 1.165) is 9.87 Å². The highest BCUT2D eigenvalue weighted by molar-refractivity contribution is 7.93. The second-order valence-corrected chi connectivity index (χ2v) is 12.1. The van der Waals surface area contributed by atoms with E-state index < -0.39 is 32.5 Å². The Bertz CT molecular complexity index is 1670. The van der Waals surface area contributed by atoms with E-state index in [1.165, 1.54) is 43.5 Å². The summed E-state index contributed by atoms with van der Waals surface area (Å²) in [5.41, 5.74) is 1.84. The summed E-state index contributed by atoms with van der Waals surface area (Å²) in [6, 6.07) is 26.8. The van der Waals surface area contributed by atoms with Gasteiger partial charge in [0.1, 0.15) is 12.3 Å². The van der Waals surface area contributed by atoms with Gasteiger partial charge in [0.25, 0.3) is 20.0 Å². The van der Waals surface area contributed by atoms with Gasteiger partial charge in [0, 0.05) is 11.4 Å². The van der Waals surface area contributed by atoms with E-state index in [1.54, 1.807) is 60.7 Å². The Morgan fingerprint density at radius 1 is 0.769 bits per heavy atom. The summed E-state index contributed by atoms with van der Waals surface area (Å²) in [5, 5.41) is 2.64. The van der Waals surface area contributed by atoms with Crippen molar-refractivity contribution >= 4 is 43.0 Å². The number of rotatable bonds is 10. The minimum Gasteiger partial charge on any atom is -0.495 e. The molecule has 4 aromatic rings. The van der Waals surface area contributed by atoms with Gasteiger partial charge < -0.3 is 10.1 Å². The Labute approximate surface area is 228 Å². The van der Waals surface area contributed by atoms with E-state index in [1.807, 2.05) is 13.0 Å². The van der Waals surface area contributed by atoms with E-state index in [4.69, 9.17) is 4.74 Å². The number of nitrogens with zero attached hydrogens (tertiary/aromatic N) is 1. The van der Waals surface area contributed by atoms with Crippen LogP contribution in [-0.2, 0) is 24.8 Å². The molecule has 0 saturated carbocycles. The van der Waals surface area contributed by atoms with Crippen LogP contribution in [0, 0.1) is 6.92 Å². The average Bonchev–Trinajstić information content (AvgIpc) is 2.92. The fraction of sp³-hybridized carbons (Fsp3) is 0.107. The minimum absolute atomic E-state index is 0.00399. The van der Waals surface area contributed by atoms with E-state index in [-0.39, 0.29) is 21.2 Å². The molecule has 0 unspecified atom stereocenters. The number of ether oxygens (including phenoxy) is 1. The number of carbonyl (C=O) groups is 1. The monoisotopic (exact) mass is 565 g/mol. The van der Waals surface area contributed by atoms with Crippen molar-refractivity contribution in [3.05, 3.63) is 109 Å². The molecule has 1 amide bonds. The van der Waals surface area contributed by atoms with Crippen molar-refractivity contribution in [2.45, 2.75) is 16.7 Å². The number of carbonyl (C=O) groups excluding carboxylic acids is 1. The van der Waals surface area contributed by atoms with Crippen molar-refractivity contribution in [1.29, 1.82) is 0 Å². The Morgan fingerprint density at radius 3 is 2.10 bits per heavy atom. The lowest BCUT2D eigenvalue weighted by atomic mass is 10.2. The van der Waals surface area contributed by atoms with Crippen LogP contribution in [0.15, 0.2) is 113 Å². The molecule has 0 aliphatic rings. The van der Waals surface area contributed by atoms with Gasteiger partial charge in [-0.3, -0.25) is 13.8 Å². The van der Waals surface area contributed by atoms with Gasteiger partial charge in [0.15, 0.2) is 0 Å². The van der Waals surface area contributed by atoms with Gasteiger partial charge in [0.05, 0.1) is 22.6 Å². The Hall–Kier alpha value is -4.35. The Morgan fingerprint density at radius 2 is 1.44 bits per heavy atom. The van der Waals surface area contributed by atoms with Crippen molar-refractivity contribution in [3.63, 3.8) is 0 Å². The molecular formula is C28H27N3O6S2. The number of methoxy groups -OCH3 is 1. The van der Waals surface area contributed by atoms with Gasteiger partial charge >= 0.3 is 0 Å². The fourth-order valence-electron chi connectivity index (χ4n) is 3.83. The van der Waals surface area contributed by atoms with Crippen LogP contribution in [0.1, 0.15) is 5.56 Å². The maximum atomic E-state index is 13.5. The highest BCUT2D eigenvalue weighted by Crippen LogP contribution is 2.32. The predicted octanol–water partition coefficient (Wildman–Crippen LogP) is 4.64. The fourth-order valence-corrected chi connectivity index (χ4v) is 6.33. The lowest BCUT2D eigenvalue weighted by molar-refractivity contribution is -0.114. The average molecular weight is 566 g/mol. The Kier molecular flexibility index (Phi) is 8.22. The smallest absolute Gasteiger partial charge is 0.264 e. The number of anilines is 3. The molecule has 9 nitrogen and oxygen atoms in total. The first kappa shape index (κ1) is 27.7. The number of hydrogen-bond donors (Lipinski definition) is 2. The van der Waals surface area contributed by atoms with E-state index in [9.17, 15) is 21.6 Å². The molecule has 4 aromatic carbocycles. The first-order chi connectivity index (χ1) is 18.6. The summed E-state index contributed by atoms with van der Waals surface area (Å²) in [6.45, 7) is 1.31. The molecule has 39 heavy (non-hydrogen) atoms. The van der Waals surface area contributed by atoms with Crippen molar-refractivity contribution in [3.8, 4) is 5.75 Å². The molecule has 0 fully saturated rings. The van der Waals surface area contributed by atoms with Gasteiger partial charge in [-0.15, -0.1) is 0 Å². The molecule has 0 saturated heterocycles. The second kappa shape index (κ2) is 11.6. The number of benzene rings is 4. The third kappa shape index (κ3) is 6.57. The van der Waals surface area contributed by atoms with Gasteiger partial charge in [-0.1, -0.05) is 42.5 Å². The highest BCUT2D eigenvalue weighted by Gasteiger charge is 2.29. The molecule has 0 aliphatic heterocycles. The van der Waals surface area contributed by atoms with Crippen LogP contribution in [0.4, 0.5) is 17.1 Å². The quantitative estimate of drug-likeness (QED) is 0.289. The lowest BCUT2D eigenvalue weighted by Gasteiger charge is -2.25. The molecule has 0 radical (unpaired) electrons. The topological polar surface area (TPSA) is 122 Å². The zero-order valence-corrected chi connectivity index (χ0v) is 22.9. The van der Waals surface area contributed by atoms with Crippen LogP contribution in [0.25, 0.3) is 0 Å². The molecule has 0 aromatic heterocycles. The number of amides is 1. The molecule has 202 valence electrons. The third-order valence-electron chi connectivity index (χ3n) is 5.69. The highest BCUT2D eigenvalue weighted by atomic mass is 32.2. The van der Waals surface area contributed by atoms with Crippen LogP contribution >= 0.6 is 0 Å². The van der Waals surface area contributed by atoms with Crippen LogP contribution < -0.4 is 19.1 Å². The van der Waals surface area contributed by atoms with Crippen LogP contribution in [0.5, 0.6) is 5.75 Å². The molecule has 0 atom stereocenters. The standard InChI is InChI=1S/C28H27N3O6S2/c1-21-9-8-10-23(19-21)30-38(33,34)24-17-15-22(16-18-24)29-28(32)20-31(26-13-6-7-14-27(26)37-2)39(35,36)25-11-4-3-5-12-25/h3-19,30H,20H2,1-2H3,(H,29,32). The molecule has 11 heteroatoms. The molecule has 0 spiro atoms. The molecule has 0 bridgehead atoms. The van der Waals surface area contributed by atoms with Crippen LogP contribution in [-0.4, -0.2) is 36.4 Å². The summed E-state index contributed by atoms with van der Waals surface area (Å²) in [7, 11) is -6.57. The number of sulfonamides is 2. The predicted molar refractivity (Wildman–Crippen MR) is 151 cm³/mol. The maximum absolute atomic E-state index is 13.5. The first-order valence-corrected chi connectivity index (χ1v) is 14.7. The SMILES string of the molecule is COc1ccccc1N(CC(=O)Nc1ccc(S(=O)(=O)Nc2cccc(C)c2)cc1)S(=O)(=O)c1ccccc1. The Balaban J connectivity index is 1.55. The van der Waals surface area contributed by atoms with Gasteiger partial charge in [0.2, 0.25) is 5.91 Å². The van der Waals surface area contributed by atoms with Crippen LogP contribution in [0.2, 0.25) is 0 Å². The van der Waals surface area contributed by atoms with Gasteiger partial charge in [-0.25, -0.2) is 16.8 Å². The van der Waals surface area contributed by atoms with Crippen LogP contribution in [0.3, 0.4) is 0 Å². The summed E-state index contributed by atoms with van der Waals surface area (Å²) in [5.74, 6) is -0.352. The van der Waals surface area contributed by atoms with E-state index in [2.05, 4.69) is 10.0 Å². The molecule has 0 heterocycles. The minimum atomic E-state index is -4.13. The van der Waals surface area contributed by atoms with Crippen molar-refractivity contribution in [2.24, 2.45) is 0 Å². The van der Waals surface area contributed by atoms with Gasteiger partial charge in [-0.2, -0.15) is 0 Å². The molecular weight excluding hydrogens is 538 g/mol. The summed E-state index contributed by atoms with van der Waals surface area (Å²) in [6.07, 6.45) is 0. The summed E-state index contributed by atoms with van der Waals surface area (Å²) >= 11 is 0. The largest absolute Gasteiger partial charge is 0.495 e. The summed E-state index contributed by atoms with van der Waals surface area (Å²) in [4.78, 5) is 13.1. The summed E-state index contributed by atoms with van der Waals surface area (Å²) < 4.78 is 61.5. The lowest BCUT2D eigenvalue weighted by Crippen LogP contribution is -2.38. The zero-order chi connectivity index (χ0) is 28.0. The molecule has 0 aliphatic carbocycles. The van der Waals surface area contributed by atoms with Crippen molar-refractivity contribution < 1.29 is 26.4 Å². The number of hydrogen-bond acceptors (Lipinski definition) is 6. The normalized spacial score (nSPS) is 11.4. The molecule has 2 N–H and O–H groups in total. The zero-order valence-electron chi connectivity index (χ0n) is 21.2. The number of aryl methyl sites for hydroxylation is 1. The van der Waals surface area contributed by atoms with E-state index >= 15 is 0 Å². The van der Waals surface area contributed by atoms with Gasteiger partial charge in [-0.05, 0) is 73.2 Å². The maximum Gasteiger partial charge on any atom is 0.264 e. The number of para-hydroxylation sites is 2. The molecule has 4 rings (SSSR count). The first-order valence-electron chi connectivity index (χ1n) is 11.8. The van der Waals surface area contributed by atoms with E-state index in [0.29, 0.717) is 11.4 Å². The second-order valence-electron chi connectivity index (χ2n) is 8.54. The third-order valence-corrected chi connectivity index (χ3v) is 8.86. The number of nitrogens with one attached hydrogen (secondary N) is 2.